The lowest BCUT2D eigenvalue weighted by Gasteiger charge is -2.28. The lowest BCUT2D eigenvalue weighted by atomic mass is 9.90. The summed E-state index contributed by atoms with van der Waals surface area (Å²) in [6, 6.07) is 19.0. The third-order valence-electron chi connectivity index (χ3n) is 8.36. The van der Waals surface area contributed by atoms with Crippen LogP contribution in [0.2, 0.25) is 0 Å². The number of rotatable bonds is 11. The second-order valence-electron chi connectivity index (χ2n) is 11.9. The van der Waals surface area contributed by atoms with Crippen LogP contribution in [0.5, 0.6) is 0 Å². The molecular formula is C37H54N2O8. The topological polar surface area (TPSA) is 131 Å². The standard InChI is InChI=1S/C18H25NO4.C13H15NO3.C5H10O.CH4/c1-4-12(2)16(20)13(3)17(21)19-15(11-23-18(19)22)10-14-8-6-5-7-9-14;1-2-12(15)14-11(9-17-13(14)16)8-10-6-4-3-5-7-10;1-3-5(2)4-6;/h5-9,12-13,15-16,20H,4,10-11H2,1-3H3;3-7,11H,2,8-9H2,1H3;4-5H,3H2,1-2H3;1H4/t12-,13-,15-,16+;11-;5-;/m000./s1. The number of nitrogens with zero attached hydrogens (tertiary/aromatic N) is 2. The van der Waals surface area contributed by atoms with Crippen molar-refractivity contribution in [1.29, 1.82) is 0 Å². The summed E-state index contributed by atoms with van der Waals surface area (Å²) in [5, 5.41) is 10.3. The van der Waals surface area contributed by atoms with Gasteiger partial charge in [-0.15, -0.1) is 0 Å². The van der Waals surface area contributed by atoms with Gasteiger partial charge < -0.3 is 19.4 Å². The number of aliphatic hydroxyl groups excluding tert-OH is 1. The van der Waals surface area contributed by atoms with Crippen molar-refractivity contribution in [2.45, 2.75) is 99.3 Å². The number of hydrogen-bond acceptors (Lipinski definition) is 8. The molecule has 0 radical (unpaired) electrons. The SMILES string of the molecule is C.CCC(=O)N1C(=O)OC[C@@H]1Cc1ccccc1.CC[C@H](C)C=O.CC[C@H](C)[C@@H](O)[C@H](C)C(=O)N1C(=O)OC[C@@H]1Cc1ccccc1. The van der Waals surface area contributed by atoms with E-state index in [1.807, 2.05) is 88.4 Å². The molecule has 2 aliphatic heterocycles. The fourth-order valence-electron chi connectivity index (χ4n) is 4.94. The number of carbonyl (C=O) groups excluding carboxylic acids is 5. The quantitative estimate of drug-likeness (QED) is 0.273. The fourth-order valence-corrected chi connectivity index (χ4v) is 4.94. The minimum absolute atomic E-state index is 0. The van der Waals surface area contributed by atoms with Crippen molar-refractivity contribution in [3.8, 4) is 0 Å². The number of imide groups is 2. The lowest BCUT2D eigenvalue weighted by molar-refractivity contribution is -0.137. The number of hydrogen-bond donors (Lipinski definition) is 1. The molecule has 260 valence electrons. The molecule has 6 atom stereocenters. The van der Waals surface area contributed by atoms with Gasteiger partial charge in [-0.1, -0.05) is 116 Å². The Morgan fingerprint density at radius 2 is 1.26 bits per heavy atom. The Balaban J connectivity index is 0.000000405. The number of aliphatic hydroxyl groups is 1. The van der Waals surface area contributed by atoms with E-state index in [4.69, 9.17) is 9.47 Å². The maximum absolute atomic E-state index is 12.7. The first-order valence-electron chi connectivity index (χ1n) is 16.2. The molecule has 0 aromatic heterocycles. The number of ether oxygens (including phenoxy) is 2. The van der Waals surface area contributed by atoms with Crippen molar-refractivity contribution in [3.05, 3.63) is 71.8 Å². The van der Waals surface area contributed by atoms with Crippen LogP contribution >= 0.6 is 0 Å². The van der Waals surface area contributed by atoms with E-state index < -0.39 is 24.2 Å². The molecule has 1 N–H and O–H groups in total. The molecule has 0 saturated carbocycles. The van der Waals surface area contributed by atoms with Gasteiger partial charge in [-0.05, 0) is 36.3 Å². The minimum atomic E-state index is -0.765. The molecule has 47 heavy (non-hydrogen) atoms. The minimum Gasteiger partial charge on any atom is -0.447 e. The van der Waals surface area contributed by atoms with Gasteiger partial charge in [0.25, 0.3) is 0 Å². The summed E-state index contributed by atoms with van der Waals surface area (Å²) < 4.78 is 10.0. The van der Waals surface area contributed by atoms with Gasteiger partial charge in [0.05, 0.1) is 24.1 Å². The van der Waals surface area contributed by atoms with Gasteiger partial charge >= 0.3 is 12.2 Å². The van der Waals surface area contributed by atoms with Crippen molar-refractivity contribution in [3.63, 3.8) is 0 Å². The maximum Gasteiger partial charge on any atom is 0.416 e. The molecule has 2 fully saturated rings. The van der Waals surface area contributed by atoms with Crippen LogP contribution in [0.4, 0.5) is 9.59 Å². The summed E-state index contributed by atoms with van der Waals surface area (Å²) in [4.78, 5) is 59.9. The van der Waals surface area contributed by atoms with E-state index in [0.29, 0.717) is 25.9 Å². The summed E-state index contributed by atoms with van der Waals surface area (Å²) in [5.74, 6) is -0.909. The van der Waals surface area contributed by atoms with Crippen LogP contribution in [0, 0.1) is 17.8 Å². The lowest BCUT2D eigenvalue weighted by Crippen LogP contribution is -2.46. The molecule has 2 heterocycles. The molecule has 10 nitrogen and oxygen atoms in total. The zero-order chi connectivity index (χ0) is 34.2. The van der Waals surface area contributed by atoms with Crippen molar-refractivity contribution in [2.24, 2.45) is 17.8 Å². The molecule has 2 aromatic rings. The molecule has 2 aromatic carbocycles. The average molecular weight is 655 g/mol. The second-order valence-corrected chi connectivity index (χ2v) is 11.9. The first-order valence-corrected chi connectivity index (χ1v) is 16.2. The Bertz CT molecular complexity index is 1260. The molecule has 0 spiro atoms. The van der Waals surface area contributed by atoms with Gasteiger partial charge in [-0.3, -0.25) is 9.59 Å². The highest BCUT2D eigenvalue weighted by molar-refractivity contribution is 5.95. The van der Waals surface area contributed by atoms with Crippen LogP contribution < -0.4 is 0 Å². The number of cyclic esters (lactones) is 2. The molecule has 2 saturated heterocycles. The predicted octanol–water partition coefficient (Wildman–Crippen LogP) is 6.47. The Kier molecular flexibility index (Phi) is 18.3. The van der Waals surface area contributed by atoms with Crippen molar-refractivity contribution in [1.82, 2.24) is 9.80 Å². The summed E-state index contributed by atoms with van der Waals surface area (Å²) >= 11 is 0. The Hall–Kier alpha value is -4.05. The summed E-state index contributed by atoms with van der Waals surface area (Å²) in [5.41, 5.74) is 2.15. The highest BCUT2D eigenvalue weighted by atomic mass is 16.6. The molecule has 4 rings (SSSR count). The molecule has 10 heteroatoms. The highest BCUT2D eigenvalue weighted by Gasteiger charge is 2.42. The summed E-state index contributed by atoms with van der Waals surface area (Å²) in [6.07, 6.45) is 2.35. The van der Waals surface area contributed by atoms with Gasteiger partial charge in [-0.25, -0.2) is 19.4 Å². The monoisotopic (exact) mass is 654 g/mol. The largest absolute Gasteiger partial charge is 0.447 e. The predicted molar refractivity (Wildman–Crippen MR) is 181 cm³/mol. The maximum atomic E-state index is 12.7. The molecular weight excluding hydrogens is 600 g/mol. The van der Waals surface area contributed by atoms with Crippen LogP contribution in [0.25, 0.3) is 0 Å². The third-order valence-corrected chi connectivity index (χ3v) is 8.36. The average Bonchev–Trinajstić information content (AvgIpc) is 3.64. The summed E-state index contributed by atoms with van der Waals surface area (Å²) in [7, 11) is 0. The Morgan fingerprint density at radius 3 is 1.64 bits per heavy atom. The third kappa shape index (κ3) is 12.2. The van der Waals surface area contributed by atoms with E-state index in [0.717, 1.165) is 30.3 Å². The summed E-state index contributed by atoms with van der Waals surface area (Å²) in [6.45, 7) is 11.7. The van der Waals surface area contributed by atoms with Gasteiger partial charge in [0, 0.05) is 12.3 Å². The zero-order valence-electron chi connectivity index (χ0n) is 28.0. The van der Waals surface area contributed by atoms with Crippen molar-refractivity contribution < 1.29 is 38.6 Å². The van der Waals surface area contributed by atoms with Crippen molar-refractivity contribution >= 4 is 30.3 Å². The normalized spacial score (nSPS) is 19.3. The van der Waals surface area contributed by atoms with Crippen LogP contribution in [0.1, 0.15) is 79.4 Å². The number of amides is 4. The van der Waals surface area contributed by atoms with E-state index in [9.17, 15) is 29.1 Å². The van der Waals surface area contributed by atoms with Gasteiger partial charge in [0.1, 0.15) is 19.5 Å². The second kappa shape index (κ2) is 20.9. The van der Waals surface area contributed by atoms with E-state index in [-0.39, 0.29) is 49.8 Å². The zero-order valence-corrected chi connectivity index (χ0v) is 28.0. The molecule has 0 bridgehead atoms. The van der Waals surface area contributed by atoms with E-state index in [2.05, 4.69) is 0 Å². The Labute approximate surface area is 280 Å². The molecule has 0 unspecified atom stereocenters. The van der Waals surface area contributed by atoms with E-state index >= 15 is 0 Å². The Morgan fingerprint density at radius 1 is 0.809 bits per heavy atom. The van der Waals surface area contributed by atoms with Gasteiger partial charge in [0.2, 0.25) is 11.8 Å². The first-order chi connectivity index (χ1) is 22.0. The van der Waals surface area contributed by atoms with Crippen LogP contribution in [0.15, 0.2) is 60.7 Å². The fraction of sp³-hybridized carbons (Fsp3) is 0.541. The van der Waals surface area contributed by atoms with Gasteiger partial charge in [0.15, 0.2) is 0 Å². The van der Waals surface area contributed by atoms with Crippen LogP contribution in [-0.2, 0) is 36.7 Å². The number of aldehydes is 1. The van der Waals surface area contributed by atoms with E-state index in [1.165, 1.54) is 9.80 Å². The molecule has 0 aliphatic carbocycles. The number of benzene rings is 2. The van der Waals surface area contributed by atoms with Crippen LogP contribution in [-0.4, -0.2) is 76.6 Å². The first kappa shape index (κ1) is 41.0. The molecule has 4 amide bonds. The smallest absolute Gasteiger partial charge is 0.416 e. The number of carbonyl (C=O) groups is 5. The van der Waals surface area contributed by atoms with E-state index in [1.54, 1.807) is 13.8 Å². The molecule has 2 aliphatic rings. The highest BCUT2D eigenvalue weighted by Crippen LogP contribution is 2.24. The van der Waals surface area contributed by atoms with Crippen molar-refractivity contribution in [2.75, 3.05) is 13.2 Å². The van der Waals surface area contributed by atoms with Gasteiger partial charge in [-0.2, -0.15) is 0 Å². The van der Waals surface area contributed by atoms with Crippen LogP contribution in [0.3, 0.4) is 0 Å².